The van der Waals surface area contributed by atoms with E-state index in [9.17, 15) is 30.0 Å². The van der Waals surface area contributed by atoms with Gasteiger partial charge in [-0.25, -0.2) is 9.18 Å². The van der Waals surface area contributed by atoms with Crippen LogP contribution in [-0.4, -0.2) is 119 Å². The quantitative estimate of drug-likeness (QED) is 0.0858. The van der Waals surface area contributed by atoms with Crippen molar-refractivity contribution in [3.05, 3.63) is 71.8 Å². The molecule has 2 aliphatic rings. The van der Waals surface area contributed by atoms with Gasteiger partial charge in [0.2, 0.25) is 0 Å². The summed E-state index contributed by atoms with van der Waals surface area (Å²) in [7, 11) is 0. The van der Waals surface area contributed by atoms with Crippen molar-refractivity contribution in [2.75, 3.05) is 65.7 Å². The maximum Gasteiger partial charge on any atom is 0.298 e. The number of aliphatic hydroxyl groups is 4. The van der Waals surface area contributed by atoms with Crippen LogP contribution < -0.4 is 10.9 Å². The van der Waals surface area contributed by atoms with Gasteiger partial charge in [-0.3, -0.25) is 9.59 Å². The van der Waals surface area contributed by atoms with E-state index in [4.69, 9.17) is 9.47 Å². The van der Waals surface area contributed by atoms with E-state index in [1.54, 1.807) is 48.5 Å². The van der Waals surface area contributed by atoms with Crippen molar-refractivity contribution in [1.29, 1.82) is 0 Å². The first-order valence-corrected chi connectivity index (χ1v) is 18.5. The molecular weight excluding hydrogens is 640 g/mol. The molecule has 4 atom stereocenters. The van der Waals surface area contributed by atoms with Crippen LogP contribution >= 0.6 is 0 Å². The van der Waals surface area contributed by atoms with Crippen LogP contribution in [0.1, 0.15) is 87.5 Å². The third-order valence-corrected chi connectivity index (χ3v) is 9.83. The highest BCUT2D eigenvalue weighted by Crippen LogP contribution is 2.21. The molecule has 2 amide bonds. The van der Waals surface area contributed by atoms with Crippen LogP contribution in [0.25, 0.3) is 0 Å². The molecule has 50 heavy (non-hydrogen) atoms. The van der Waals surface area contributed by atoms with Gasteiger partial charge in [-0.15, -0.1) is 0 Å². The molecular formula is C38H60N4O8+2. The lowest BCUT2D eigenvalue weighted by molar-refractivity contribution is -0.968. The monoisotopic (exact) mass is 700 g/mol. The van der Waals surface area contributed by atoms with Gasteiger partial charge in [0.15, 0.2) is 12.2 Å². The Balaban J connectivity index is 1.07. The van der Waals surface area contributed by atoms with Gasteiger partial charge in [0, 0.05) is 13.2 Å². The highest BCUT2D eigenvalue weighted by atomic mass is 16.5. The SMILES string of the molecule is O=C(N[N+]1(CC(O)COCCCCCCOCC(O)C[N+]2(NC(=O)C(O)c3ccccc3)CCCCC2)CCCCC1)C(O)c1ccccc1. The minimum absolute atomic E-state index is 0.184. The van der Waals surface area contributed by atoms with Crippen molar-refractivity contribution in [3.63, 3.8) is 0 Å². The number of quaternary nitrogens is 2. The molecule has 0 spiro atoms. The van der Waals surface area contributed by atoms with E-state index in [-0.39, 0.29) is 22.4 Å². The van der Waals surface area contributed by atoms with Gasteiger partial charge >= 0.3 is 0 Å². The Labute approximate surface area is 297 Å². The van der Waals surface area contributed by atoms with E-state index in [0.29, 0.717) is 63.6 Å². The van der Waals surface area contributed by atoms with Crippen LogP contribution in [0.3, 0.4) is 0 Å². The fourth-order valence-electron chi connectivity index (χ4n) is 7.19. The van der Waals surface area contributed by atoms with Crippen molar-refractivity contribution >= 4 is 11.8 Å². The molecule has 12 heteroatoms. The highest BCUT2D eigenvalue weighted by molar-refractivity contribution is 5.81. The van der Waals surface area contributed by atoms with Crippen LogP contribution in [0.4, 0.5) is 0 Å². The number of carbonyl (C=O) groups excluding carboxylic acids is 2. The number of hydrogen-bond acceptors (Lipinski definition) is 8. The molecule has 12 nitrogen and oxygen atoms in total. The van der Waals surface area contributed by atoms with Crippen molar-refractivity contribution in [2.24, 2.45) is 0 Å². The normalized spacial score (nSPS) is 19.5. The molecule has 0 aromatic heterocycles. The summed E-state index contributed by atoms with van der Waals surface area (Å²) in [6.45, 7) is 4.92. The molecule has 278 valence electrons. The summed E-state index contributed by atoms with van der Waals surface area (Å²) in [6.07, 6.45) is 5.53. The maximum absolute atomic E-state index is 12.9. The Morgan fingerprint density at radius 3 is 1.28 bits per heavy atom. The van der Waals surface area contributed by atoms with Gasteiger partial charge in [0.25, 0.3) is 11.8 Å². The van der Waals surface area contributed by atoms with E-state index in [1.807, 2.05) is 12.1 Å². The minimum Gasteiger partial charge on any atom is -0.385 e. The maximum atomic E-state index is 12.9. The number of piperidine rings is 2. The van der Waals surface area contributed by atoms with Crippen LogP contribution in [0.15, 0.2) is 60.7 Å². The number of carbonyl (C=O) groups is 2. The first kappa shape index (κ1) is 39.8. The first-order valence-electron chi connectivity index (χ1n) is 18.5. The lowest BCUT2D eigenvalue weighted by Crippen LogP contribution is -2.65. The second kappa shape index (κ2) is 20.8. The summed E-state index contributed by atoms with van der Waals surface area (Å²) in [5.41, 5.74) is 7.12. The number of nitrogens with zero attached hydrogens (tertiary/aromatic N) is 2. The number of benzene rings is 2. The molecule has 2 aromatic rings. The van der Waals surface area contributed by atoms with Crippen molar-refractivity contribution in [1.82, 2.24) is 10.9 Å². The van der Waals surface area contributed by atoms with Crippen LogP contribution in [-0.2, 0) is 19.1 Å². The molecule has 0 bridgehead atoms. The number of rotatable bonds is 21. The first-order chi connectivity index (χ1) is 24.2. The highest BCUT2D eigenvalue weighted by Gasteiger charge is 2.38. The Morgan fingerprint density at radius 1 is 0.560 bits per heavy atom. The lowest BCUT2D eigenvalue weighted by Gasteiger charge is -2.41. The molecule has 0 saturated carbocycles. The summed E-state index contributed by atoms with van der Waals surface area (Å²) >= 11 is 0. The van der Waals surface area contributed by atoms with E-state index >= 15 is 0 Å². The zero-order valence-electron chi connectivity index (χ0n) is 29.5. The van der Waals surface area contributed by atoms with Gasteiger partial charge < -0.3 is 29.9 Å². The Hall–Kier alpha value is -2.94. The van der Waals surface area contributed by atoms with Gasteiger partial charge in [-0.05, 0) is 62.5 Å². The molecule has 2 fully saturated rings. The van der Waals surface area contributed by atoms with Crippen molar-refractivity contribution in [3.8, 4) is 0 Å². The Bertz CT molecular complexity index is 1160. The Kier molecular flexibility index (Phi) is 16.6. The van der Waals surface area contributed by atoms with Gasteiger partial charge in [-0.2, -0.15) is 10.9 Å². The number of likely N-dealkylation sites (tertiary alicyclic amines) is 2. The molecule has 2 aliphatic heterocycles. The predicted molar refractivity (Wildman–Crippen MR) is 189 cm³/mol. The van der Waals surface area contributed by atoms with Crippen LogP contribution in [0.2, 0.25) is 0 Å². The summed E-state index contributed by atoms with van der Waals surface area (Å²) in [4.78, 5) is 25.8. The molecule has 2 saturated heterocycles. The van der Waals surface area contributed by atoms with E-state index in [1.165, 1.54) is 0 Å². The van der Waals surface area contributed by atoms with Crippen molar-refractivity contribution < 1.29 is 48.7 Å². The molecule has 2 aromatic carbocycles. The number of amides is 2. The zero-order chi connectivity index (χ0) is 35.7. The molecule has 4 rings (SSSR count). The van der Waals surface area contributed by atoms with Crippen LogP contribution in [0, 0.1) is 0 Å². The fraction of sp³-hybridized carbons (Fsp3) is 0.632. The Morgan fingerprint density at radius 2 is 0.920 bits per heavy atom. The number of nitrogens with one attached hydrogen (secondary N) is 2. The fourth-order valence-corrected chi connectivity index (χ4v) is 7.19. The largest absolute Gasteiger partial charge is 0.385 e. The number of unbranched alkanes of at least 4 members (excludes halogenated alkanes) is 3. The smallest absolute Gasteiger partial charge is 0.298 e. The molecule has 4 unspecified atom stereocenters. The second-order valence-corrected chi connectivity index (χ2v) is 14.1. The van der Waals surface area contributed by atoms with Gasteiger partial charge in [0.1, 0.15) is 51.5 Å². The third kappa shape index (κ3) is 13.0. The molecule has 0 radical (unpaired) electrons. The molecule has 0 aliphatic carbocycles. The lowest BCUT2D eigenvalue weighted by atomic mass is 10.1. The van der Waals surface area contributed by atoms with E-state index < -0.39 is 36.2 Å². The molecule has 6 N–H and O–H groups in total. The van der Waals surface area contributed by atoms with Crippen LogP contribution in [0.5, 0.6) is 0 Å². The summed E-state index contributed by atoms with van der Waals surface area (Å²) in [5, 5.41) is 42.7. The third-order valence-electron chi connectivity index (χ3n) is 9.83. The average molecular weight is 701 g/mol. The summed E-state index contributed by atoms with van der Waals surface area (Å²) in [6, 6.07) is 17.7. The topological polar surface area (TPSA) is 158 Å². The zero-order valence-corrected chi connectivity index (χ0v) is 29.5. The average Bonchev–Trinajstić information content (AvgIpc) is 3.13. The predicted octanol–water partition coefficient (Wildman–Crippen LogP) is 2.83. The van der Waals surface area contributed by atoms with E-state index in [0.717, 1.165) is 64.2 Å². The van der Waals surface area contributed by atoms with Gasteiger partial charge in [0.05, 0.1) is 13.2 Å². The second-order valence-electron chi connectivity index (χ2n) is 14.1. The standard InChI is InChI=1S/C38H58N4O8/c43-33(27-41(21-11-5-12-22-41)39-37(47)35(45)31-17-7-3-8-18-31)29-49-25-15-1-2-16-26-50-30-34(44)28-42(23-13-6-14-24-42)40-38(48)36(46)32-19-9-4-10-20-32/h3-4,7-10,17-20,33-36,43-46H,1-2,5-6,11-16,21-30H2/p+2. The summed E-state index contributed by atoms with van der Waals surface area (Å²) < 4.78 is 12.0. The number of ether oxygens (including phenoxy) is 2. The number of hydrogen-bond donors (Lipinski definition) is 6. The number of aliphatic hydroxyl groups excluding tert-OH is 4. The van der Waals surface area contributed by atoms with E-state index in [2.05, 4.69) is 10.9 Å². The van der Waals surface area contributed by atoms with Crippen molar-refractivity contribution in [2.45, 2.75) is 88.6 Å². The minimum atomic E-state index is -1.26. The van der Waals surface area contributed by atoms with Gasteiger partial charge in [-0.1, -0.05) is 73.5 Å². The summed E-state index contributed by atoms with van der Waals surface area (Å²) in [5.74, 6) is -0.915. The molecule has 2 heterocycles.